The SMILES string of the molecule is CC(C)CNC(=O)c1ccc(NC(=O)C(C)(N)c2ccccc2)cc1Cl. The topological polar surface area (TPSA) is 84.2 Å². The van der Waals surface area contributed by atoms with Crippen molar-refractivity contribution in [1.82, 2.24) is 5.32 Å². The van der Waals surface area contributed by atoms with Crippen LogP contribution < -0.4 is 16.4 Å². The number of hydrogen-bond donors (Lipinski definition) is 3. The number of benzene rings is 2. The van der Waals surface area contributed by atoms with Crippen molar-refractivity contribution < 1.29 is 9.59 Å². The molecule has 0 spiro atoms. The van der Waals surface area contributed by atoms with Gasteiger partial charge in [-0.15, -0.1) is 0 Å². The maximum Gasteiger partial charge on any atom is 0.252 e. The predicted octanol–water partition coefficient (Wildman–Crippen LogP) is 3.54. The Labute approximate surface area is 158 Å². The molecule has 0 aliphatic heterocycles. The molecule has 1 unspecified atom stereocenters. The Morgan fingerprint density at radius 1 is 1.15 bits per heavy atom. The van der Waals surface area contributed by atoms with Crippen molar-refractivity contribution in [2.45, 2.75) is 26.3 Å². The van der Waals surface area contributed by atoms with Gasteiger partial charge in [-0.2, -0.15) is 0 Å². The minimum atomic E-state index is -1.19. The summed E-state index contributed by atoms with van der Waals surface area (Å²) < 4.78 is 0. The fourth-order valence-electron chi connectivity index (χ4n) is 2.35. The monoisotopic (exact) mass is 373 g/mol. The van der Waals surface area contributed by atoms with Gasteiger partial charge in [0.15, 0.2) is 0 Å². The van der Waals surface area contributed by atoms with E-state index in [0.717, 1.165) is 0 Å². The van der Waals surface area contributed by atoms with Gasteiger partial charge in [-0.05, 0) is 36.6 Å². The van der Waals surface area contributed by atoms with Crippen LogP contribution in [0.5, 0.6) is 0 Å². The summed E-state index contributed by atoms with van der Waals surface area (Å²) in [4.78, 5) is 24.7. The first-order chi connectivity index (χ1) is 12.2. The molecule has 0 bridgehead atoms. The molecule has 0 heterocycles. The fraction of sp³-hybridized carbons (Fsp3) is 0.300. The van der Waals surface area contributed by atoms with E-state index in [1.165, 1.54) is 0 Å². The van der Waals surface area contributed by atoms with Crippen LogP contribution in [0.4, 0.5) is 5.69 Å². The van der Waals surface area contributed by atoms with Gasteiger partial charge in [-0.1, -0.05) is 55.8 Å². The lowest BCUT2D eigenvalue weighted by atomic mass is 9.92. The minimum Gasteiger partial charge on any atom is -0.352 e. The van der Waals surface area contributed by atoms with Gasteiger partial charge in [0.2, 0.25) is 5.91 Å². The van der Waals surface area contributed by atoms with Gasteiger partial charge in [0, 0.05) is 12.2 Å². The third kappa shape index (κ3) is 4.84. The van der Waals surface area contributed by atoms with Crippen LogP contribution in [0.3, 0.4) is 0 Å². The Hall–Kier alpha value is -2.37. The van der Waals surface area contributed by atoms with E-state index in [4.69, 9.17) is 17.3 Å². The molecule has 0 saturated carbocycles. The van der Waals surface area contributed by atoms with Gasteiger partial charge in [0.05, 0.1) is 10.6 Å². The van der Waals surface area contributed by atoms with Crippen molar-refractivity contribution in [3.8, 4) is 0 Å². The van der Waals surface area contributed by atoms with Crippen LogP contribution in [0.1, 0.15) is 36.7 Å². The zero-order chi connectivity index (χ0) is 19.3. The van der Waals surface area contributed by atoms with Crippen molar-refractivity contribution in [1.29, 1.82) is 0 Å². The van der Waals surface area contributed by atoms with E-state index in [-0.39, 0.29) is 16.8 Å². The van der Waals surface area contributed by atoms with E-state index >= 15 is 0 Å². The third-order valence-corrected chi connectivity index (χ3v) is 4.30. The van der Waals surface area contributed by atoms with Crippen LogP contribution in [0.25, 0.3) is 0 Å². The summed E-state index contributed by atoms with van der Waals surface area (Å²) >= 11 is 6.21. The standard InChI is InChI=1S/C20H24ClN3O2/c1-13(2)12-23-18(25)16-10-9-15(11-17(16)21)24-19(26)20(3,22)14-7-5-4-6-8-14/h4-11,13H,12,22H2,1-3H3,(H,23,25)(H,24,26). The van der Waals surface area contributed by atoms with E-state index < -0.39 is 5.54 Å². The van der Waals surface area contributed by atoms with E-state index in [2.05, 4.69) is 10.6 Å². The number of hydrogen-bond acceptors (Lipinski definition) is 3. The molecule has 6 heteroatoms. The number of carbonyl (C=O) groups is 2. The molecule has 0 aliphatic carbocycles. The quantitative estimate of drug-likeness (QED) is 0.724. The molecule has 0 radical (unpaired) electrons. The summed E-state index contributed by atoms with van der Waals surface area (Å²) in [7, 11) is 0. The molecule has 2 amide bonds. The molecule has 5 nitrogen and oxygen atoms in total. The average Bonchev–Trinajstić information content (AvgIpc) is 2.60. The first kappa shape index (κ1) is 19.9. The third-order valence-electron chi connectivity index (χ3n) is 3.99. The van der Waals surface area contributed by atoms with Crippen molar-refractivity contribution in [3.63, 3.8) is 0 Å². The molecule has 0 aromatic heterocycles. The second-order valence-electron chi connectivity index (χ2n) is 6.82. The van der Waals surface area contributed by atoms with Crippen LogP contribution in [0, 0.1) is 5.92 Å². The van der Waals surface area contributed by atoms with Crippen LogP contribution in [-0.4, -0.2) is 18.4 Å². The van der Waals surface area contributed by atoms with Gasteiger partial charge < -0.3 is 16.4 Å². The van der Waals surface area contributed by atoms with Gasteiger partial charge in [0.25, 0.3) is 5.91 Å². The van der Waals surface area contributed by atoms with Gasteiger partial charge >= 0.3 is 0 Å². The predicted molar refractivity (Wildman–Crippen MR) is 105 cm³/mol. The molecular weight excluding hydrogens is 350 g/mol. The number of carbonyl (C=O) groups excluding carboxylic acids is 2. The molecule has 2 aromatic rings. The van der Waals surface area contributed by atoms with Crippen molar-refractivity contribution in [2.75, 3.05) is 11.9 Å². The minimum absolute atomic E-state index is 0.241. The molecule has 2 rings (SSSR count). The molecule has 0 saturated heterocycles. The maximum atomic E-state index is 12.6. The molecule has 1 atom stereocenters. The molecule has 26 heavy (non-hydrogen) atoms. The van der Waals surface area contributed by atoms with Gasteiger partial charge in [-0.25, -0.2) is 0 Å². The number of nitrogens with two attached hydrogens (primary N) is 1. The Bertz CT molecular complexity index is 789. The largest absolute Gasteiger partial charge is 0.352 e. The lowest BCUT2D eigenvalue weighted by Gasteiger charge is -2.24. The van der Waals surface area contributed by atoms with Crippen LogP contribution >= 0.6 is 11.6 Å². The number of nitrogens with one attached hydrogen (secondary N) is 2. The number of halogens is 1. The molecule has 0 aliphatic rings. The fourth-order valence-corrected chi connectivity index (χ4v) is 2.61. The molecule has 138 valence electrons. The number of rotatable bonds is 6. The van der Waals surface area contributed by atoms with Crippen molar-refractivity contribution in [2.24, 2.45) is 11.7 Å². The van der Waals surface area contributed by atoms with Crippen molar-refractivity contribution >= 4 is 29.1 Å². The second kappa shape index (κ2) is 8.34. The zero-order valence-electron chi connectivity index (χ0n) is 15.2. The summed E-state index contributed by atoms with van der Waals surface area (Å²) in [6.45, 7) is 6.23. The highest BCUT2D eigenvalue weighted by Gasteiger charge is 2.30. The number of anilines is 1. The lowest BCUT2D eigenvalue weighted by Crippen LogP contribution is -2.45. The van der Waals surface area contributed by atoms with E-state index in [1.54, 1.807) is 37.3 Å². The normalized spacial score (nSPS) is 13.2. The summed E-state index contributed by atoms with van der Waals surface area (Å²) in [6.07, 6.45) is 0. The summed E-state index contributed by atoms with van der Waals surface area (Å²) in [5, 5.41) is 5.84. The van der Waals surface area contributed by atoms with Crippen LogP contribution in [0.2, 0.25) is 5.02 Å². The first-order valence-electron chi connectivity index (χ1n) is 8.45. The van der Waals surface area contributed by atoms with Gasteiger partial charge in [0.1, 0.15) is 5.54 Å². The number of amides is 2. The lowest BCUT2D eigenvalue weighted by molar-refractivity contribution is -0.120. The molecule has 0 fully saturated rings. The summed E-state index contributed by atoms with van der Waals surface area (Å²) in [5.41, 5.74) is 6.56. The van der Waals surface area contributed by atoms with E-state index in [1.807, 2.05) is 32.0 Å². The van der Waals surface area contributed by atoms with Crippen molar-refractivity contribution in [3.05, 3.63) is 64.7 Å². The highest BCUT2D eigenvalue weighted by molar-refractivity contribution is 6.34. The Balaban J connectivity index is 2.12. The zero-order valence-corrected chi connectivity index (χ0v) is 15.9. The summed E-state index contributed by atoms with van der Waals surface area (Å²) in [6, 6.07) is 13.9. The second-order valence-corrected chi connectivity index (χ2v) is 7.23. The van der Waals surface area contributed by atoms with E-state index in [0.29, 0.717) is 29.3 Å². The highest BCUT2D eigenvalue weighted by atomic mass is 35.5. The Morgan fingerprint density at radius 2 is 1.81 bits per heavy atom. The molecular formula is C20H24ClN3O2. The van der Waals surface area contributed by atoms with E-state index in [9.17, 15) is 9.59 Å². The Kier molecular flexibility index (Phi) is 6.40. The highest BCUT2D eigenvalue weighted by Crippen LogP contribution is 2.24. The smallest absolute Gasteiger partial charge is 0.252 e. The molecule has 4 N–H and O–H groups in total. The summed E-state index contributed by atoms with van der Waals surface area (Å²) in [5.74, 6) is -0.261. The van der Waals surface area contributed by atoms with Gasteiger partial charge in [-0.3, -0.25) is 9.59 Å². The molecule has 2 aromatic carbocycles. The maximum absolute atomic E-state index is 12.6. The average molecular weight is 374 g/mol. The first-order valence-corrected chi connectivity index (χ1v) is 8.83. The van der Waals surface area contributed by atoms with Crippen LogP contribution in [0.15, 0.2) is 48.5 Å². The Morgan fingerprint density at radius 3 is 2.38 bits per heavy atom. The van der Waals surface area contributed by atoms with Crippen LogP contribution in [-0.2, 0) is 10.3 Å².